The molecule has 0 amide bonds. The van der Waals surface area contributed by atoms with Crippen LogP contribution in [0.5, 0.6) is 0 Å². The number of aliphatic hydroxyl groups excluding tert-OH is 1. The summed E-state index contributed by atoms with van der Waals surface area (Å²) in [4.78, 5) is 10.1. The molecule has 0 radical (unpaired) electrons. The summed E-state index contributed by atoms with van der Waals surface area (Å²) in [5.41, 5.74) is 5.65. The highest BCUT2D eigenvalue weighted by Crippen LogP contribution is 2.19. The largest absolute Gasteiger partial charge is 0.392 e. The van der Waals surface area contributed by atoms with E-state index in [2.05, 4.69) is 21.7 Å². The van der Waals surface area contributed by atoms with Gasteiger partial charge in [0.2, 0.25) is 0 Å². The Labute approximate surface area is 112 Å². The van der Waals surface area contributed by atoms with Crippen molar-refractivity contribution < 1.29 is 5.11 Å². The number of aromatic nitrogens is 1. The highest BCUT2D eigenvalue weighted by Gasteiger charge is 2.24. The van der Waals surface area contributed by atoms with E-state index in [1.54, 1.807) is 11.3 Å². The lowest BCUT2D eigenvalue weighted by Gasteiger charge is -2.40. The zero-order chi connectivity index (χ0) is 13.1. The molecule has 3 N–H and O–H groups in total. The number of aliphatic hydroxyl groups is 1. The summed E-state index contributed by atoms with van der Waals surface area (Å²) < 4.78 is 0. The maximum absolute atomic E-state index is 9.42. The third-order valence-electron chi connectivity index (χ3n) is 3.30. The molecule has 0 spiro atoms. The van der Waals surface area contributed by atoms with Crippen LogP contribution in [0.15, 0.2) is 6.20 Å². The van der Waals surface area contributed by atoms with Gasteiger partial charge in [-0.05, 0) is 13.8 Å². The van der Waals surface area contributed by atoms with Crippen LogP contribution < -0.4 is 5.73 Å². The van der Waals surface area contributed by atoms with E-state index in [4.69, 9.17) is 5.73 Å². The first kappa shape index (κ1) is 13.7. The van der Waals surface area contributed by atoms with Gasteiger partial charge in [0.1, 0.15) is 0 Å². The van der Waals surface area contributed by atoms with Crippen LogP contribution >= 0.6 is 11.3 Å². The number of nitrogen functional groups attached to an aromatic ring is 1. The van der Waals surface area contributed by atoms with Gasteiger partial charge in [-0.1, -0.05) is 0 Å². The van der Waals surface area contributed by atoms with Gasteiger partial charge in [-0.3, -0.25) is 9.80 Å². The lowest BCUT2D eigenvalue weighted by Crippen LogP contribution is -2.52. The zero-order valence-corrected chi connectivity index (χ0v) is 11.9. The third-order valence-corrected chi connectivity index (χ3v) is 4.11. The molecule has 1 saturated heterocycles. The molecule has 1 aliphatic heterocycles. The number of rotatable bonds is 4. The average Bonchev–Trinajstić information content (AvgIpc) is 2.67. The molecule has 1 aromatic rings. The predicted octanol–water partition coefficient (Wildman–Crippen LogP) is 0.612. The Kier molecular flexibility index (Phi) is 4.55. The minimum absolute atomic E-state index is 0.245. The first-order chi connectivity index (χ1) is 8.54. The molecule has 2 heterocycles. The summed E-state index contributed by atoms with van der Waals surface area (Å²) in [5.74, 6) is 0. The van der Waals surface area contributed by atoms with E-state index in [0.29, 0.717) is 11.2 Å². The van der Waals surface area contributed by atoms with Gasteiger partial charge in [-0.25, -0.2) is 4.98 Å². The minimum Gasteiger partial charge on any atom is -0.392 e. The van der Waals surface area contributed by atoms with E-state index < -0.39 is 0 Å². The van der Waals surface area contributed by atoms with Crippen molar-refractivity contribution >= 4 is 16.5 Å². The Bertz CT molecular complexity index is 382. The quantitative estimate of drug-likeness (QED) is 0.839. The molecule has 0 bridgehead atoms. The molecule has 2 rings (SSSR count). The lowest BCUT2D eigenvalue weighted by atomic mass is 10.1. The van der Waals surface area contributed by atoms with Crippen molar-refractivity contribution in [3.05, 3.63) is 11.1 Å². The Balaban J connectivity index is 1.85. The Morgan fingerprint density at radius 1 is 1.61 bits per heavy atom. The lowest BCUT2D eigenvalue weighted by molar-refractivity contribution is 0.0477. The van der Waals surface area contributed by atoms with Crippen LogP contribution in [0.2, 0.25) is 0 Å². The molecule has 6 heteroatoms. The zero-order valence-electron chi connectivity index (χ0n) is 11.0. The maximum Gasteiger partial charge on any atom is 0.180 e. The molecule has 0 saturated carbocycles. The maximum atomic E-state index is 9.42. The van der Waals surface area contributed by atoms with Crippen LogP contribution in [-0.4, -0.2) is 58.2 Å². The Morgan fingerprint density at radius 3 is 2.94 bits per heavy atom. The first-order valence-electron chi connectivity index (χ1n) is 6.39. The molecule has 5 nitrogen and oxygen atoms in total. The van der Waals surface area contributed by atoms with Crippen LogP contribution in [0.4, 0.5) is 5.13 Å². The average molecular weight is 270 g/mol. The normalized spacial score (nSPS) is 24.3. The topological polar surface area (TPSA) is 65.6 Å². The van der Waals surface area contributed by atoms with E-state index in [9.17, 15) is 5.11 Å². The molecule has 0 aliphatic carbocycles. The van der Waals surface area contributed by atoms with Gasteiger partial charge in [0.15, 0.2) is 5.13 Å². The van der Waals surface area contributed by atoms with Crippen LogP contribution in [0.3, 0.4) is 0 Å². The van der Waals surface area contributed by atoms with Crippen molar-refractivity contribution in [2.45, 2.75) is 32.5 Å². The number of β-amino-alcohol motifs (C(OH)–C–C–N with tert-alkyl or cyclic N) is 1. The van der Waals surface area contributed by atoms with Crippen molar-refractivity contribution in [1.82, 2.24) is 14.8 Å². The Morgan fingerprint density at radius 2 is 2.39 bits per heavy atom. The van der Waals surface area contributed by atoms with Crippen molar-refractivity contribution in [3.63, 3.8) is 0 Å². The number of anilines is 1. The molecular formula is C12H22N4OS. The summed E-state index contributed by atoms with van der Waals surface area (Å²) in [6.07, 6.45) is 1.62. The molecule has 1 aromatic heterocycles. The number of hydrogen-bond donors (Lipinski definition) is 2. The van der Waals surface area contributed by atoms with Gasteiger partial charge in [-0.15, -0.1) is 11.3 Å². The molecule has 1 aliphatic rings. The van der Waals surface area contributed by atoms with E-state index in [1.165, 1.54) is 4.88 Å². The second kappa shape index (κ2) is 5.97. The van der Waals surface area contributed by atoms with Crippen LogP contribution in [0.1, 0.15) is 18.7 Å². The predicted molar refractivity (Wildman–Crippen MR) is 74.5 cm³/mol. The van der Waals surface area contributed by atoms with Gasteiger partial charge in [0.05, 0.1) is 6.10 Å². The second-order valence-electron chi connectivity index (χ2n) is 5.09. The Hall–Kier alpha value is -0.690. The fourth-order valence-corrected chi connectivity index (χ4v) is 3.15. The molecule has 102 valence electrons. The summed E-state index contributed by atoms with van der Waals surface area (Å²) in [6, 6.07) is 0.501. The summed E-state index contributed by atoms with van der Waals surface area (Å²) in [5, 5.41) is 10.1. The molecule has 18 heavy (non-hydrogen) atoms. The van der Waals surface area contributed by atoms with Crippen molar-refractivity contribution in [2.75, 3.05) is 31.9 Å². The second-order valence-corrected chi connectivity index (χ2v) is 6.24. The minimum atomic E-state index is -0.245. The number of thiazole rings is 1. The summed E-state index contributed by atoms with van der Waals surface area (Å²) in [7, 11) is 0. The smallest absolute Gasteiger partial charge is 0.180 e. The monoisotopic (exact) mass is 270 g/mol. The number of nitrogens with two attached hydrogens (primary N) is 1. The van der Waals surface area contributed by atoms with Gasteiger partial charge in [0, 0.05) is 49.8 Å². The van der Waals surface area contributed by atoms with Crippen LogP contribution in [0, 0.1) is 0 Å². The fraction of sp³-hybridized carbons (Fsp3) is 0.750. The molecule has 0 aromatic carbocycles. The third kappa shape index (κ3) is 3.65. The van der Waals surface area contributed by atoms with E-state index in [0.717, 1.165) is 32.7 Å². The summed E-state index contributed by atoms with van der Waals surface area (Å²) >= 11 is 1.57. The van der Waals surface area contributed by atoms with Crippen LogP contribution in [0.25, 0.3) is 0 Å². The van der Waals surface area contributed by atoms with E-state index in [-0.39, 0.29) is 6.10 Å². The van der Waals surface area contributed by atoms with Crippen molar-refractivity contribution in [3.8, 4) is 0 Å². The standard InChI is InChI=1S/C12H22N4OS/c1-9-6-15(7-10(2)17)3-4-16(9)8-11-5-14-12(13)18-11/h5,9-10,17H,3-4,6-8H2,1-2H3,(H2,13,14). The molecule has 2 unspecified atom stereocenters. The van der Waals surface area contributed by atoms with Gasteiger partial charge < -0.3 is 10.8 Å². The molecular weight excluding hydrogens is 248 g/mol. The number of hydrogen-bond acceptors (Lipinski definition) is 6. The number of piperazine rings is 1. The molecule has 1 fully saturated rings. The number of nitrogens with zero attached hydrogens (tertiary/aromatic N) is 3. The molecule has 2 atom stereocenters. The van der Waals surface area contributed by atoms with Gasteiger partial charge in [0.25, 0.3) is 0 Å². The van der Waals surface area contributed by atoms with Crippen molar-refractivity contribution in [1.29, 1.82) is 0 Å². The van der Waals surface area contributed by atoms with E-state index >= 15 is 0 Å². The first-order valence-corrected chi connectivity index (χ1v) is 7.21. The van der Waals surface area contributed by atoms with Gasteiger partial charge in [-0.2, -0.15) is 0 Å². The van der Waals surface area contributed by atoms with Crippen LogP contribution in [-0.2, 0) is 6.54 Å². The highest BCUT2D eigenvalue weighted by atomic mass is 32.1. The highest BCUT2D eigenvalue weighted by molar-refractivity contribution is 7.15. The SMILES string of the molecule is CC(O)CN1CCN(Cc2cnc(N)s2)C(C)C1. The van der Waals surface area contributed by atoms with Gasteiger partial charge >= 0.3 is 0 Å². The van der Waals surface area contributed by atoms with E-state index in [1.807, 2.05) is 13.1 Å². The van der Waals surface area contributed by atoms with Crippen molar-refractivity contribution in [2.24, 2.45) is 0 Å². The fourth-order valence-electron chi connectivity index (χ4n) is 2.44. The summed E-state index contributed by atoms with van der Waals surface area (Å²) in [6.45, 7) is 8.84.